The maximum Gasteiger partial charge on any atom is 0.142 e. The summed E-state index contributed by atoms with van der Waals surface area (Å²) in [6, 6.07) is 4.88. The molecular weight excluding hydrogens is 155 g/mol. The largest absolute Gasteiger partial charge is 0.299 e. The number of allylic oxidation sites excluding steroid dienone is 1. The van der Waals surface area contributed by atoms with Crippen molar-refractivity contribution in [3.8, 4) is 0 Å². The lowest BCUT2D eigenvalue weighted by Gasteiger charge is -1.96. The minimum absolute atomic E-state index is 0.298. The highest BCUT2D eigenvalue weighted by molar-refractivity contribution is 5.73. The molecule has 12 heavy (non-hydrogen) atoms. The van der Waals surface area contributed by atoms with Crippen molar-refractivity contribution in [1.82, 2.24) is 0 Å². The lowest BCUT2D eigenvalue weighted by Crippen LogP contribution is -1.82. The second-order valence-electron chi connectivity index (χ2n) is 2.52. The number of hydrogen-bond donors (Lipinski definition) is 0. The molecule has 0 aliphatic heterocycles. The van der Waals surface area contributed by atoms with Crippen molar-refractivity contribution < 1.29 is 9.18 Å². The van der Waals surface area contributed by atoms with E-state index in [2.05, 4.69) is 0 Å². The number of aldehydes is 1. The van der Waals surface area contributed by atoms with Crippen molar-refractivity contribution in [3.05, 3.63) is 41.2 Å². The molecule has 0 bridgehead atoms. The second kappa shape index (κ2) is 3.81. The molecule has 0 spiro atoms. The summed E-state index contributed by atoms with van der Waals surface area (Å²) in [4.78, 5) is 9.95. The van der Waals surface area contributed by atoms with Crippen LogP contribution in [0.15, 0.2) is 24.3 Å². The SMILES string of the molecule is Cc1ccc(/C=C/C=O)c(F)c1. The molecule has 0 atom stereocenters. The first-order valence-corrected chi connectivity index (χ1v) is 3.62. The molecule has 62 valence electrons. The zero-order chi connectivity index (χ0) is 8.97. The predicted molar refractivity (Wildman–Crippen MR) is 46.2 cm³/mol. The fraction of sp³-hybridized carbons (Fsp3) is 0.100. The van der Waals surface area contributed by atoms with Crippen LogP contribution in [0.1, 0.15) is 11.1 Å². The Balaban J connectivity index is 3.01. The number of halogens is 1. The Bertz CT molecular complexity index is 316. The molecule has 1 aromatic carbocycles. The molecule has 1 rings (SSSR count). The Morgan fingerprint density at radius 1 is 1.42 bits per heavy atom. The standard InChI is InChI=1S/C10H9FO/c1-8-4-5-9(3-2-6-12)10(11)7-8/h2-7H,1H3/b3-2+. The minimum atomic E-state index is -0.298. The van der Waals surface area contributed by atoms with Gasteiger partial charge in [0.1, 0.15) is 12.1 Å². The topological polar surface area (TPSA) is 17.1 Å². The Kier molecular flexibility index (Phi) is 2.75. The van der Waals surface area contributed by atoms with Gasteiger partial charge in [-0.05, 0) is 30.7 Å². The van der Waals surface area contributed by atoms with Gasteiger partial charge < -0.3 is 0 Å². The molecular formula is C10H9FO. The van der Waals surface area contributed by atoms with Crippen molar-refractivity contribution >= 4 is 12.4 Å². The monoisotopic (exact) mass is 164 g/mol. The highest BCUT2D eigenvalue weighted by Crippen LogP contribution is 2.10. The van der Waals surface area contributed by atoms with Crippen molar-refractivity contribution in [3.63, 3.8) is 0 Å². The summed E-state index contributed by atoms with van der Waals surface area (Å²) in [7, 11) is 0. The Morgan fingerprint density at radius 2 is 2.17 bits per heavy atom. The molecule has 0 aromatic heterocycles. The van der Waals surface area contributed by atoms with Crippen LogP contribution in [0, 0.1) is 12.7 Å². The second-order valence-corrected chi connectivity index (χ2v) is 2.52. The van der Waals surface area contributed by atoms with E-state index in [0.717, 1.165) is 5.56 Å². The fourth-order valence-electron chi connectivity index (χ4n) is 0.910. The van der Waals surface area contributed by atoms with Crippen LogP contribution in [0.5, 0.6) is 0 Å². The number of benzene rings is 1. The zero-order valence-electron chi connectivity index (χ0n) is 6.75. The molecule has 0 fully saturated rings. The lowest BCUT2D eigenvalue weighted by atomic mass is 10.1. The molecule has 0 saturated carbocycles. The van der Waals surface area contributed by atoms with Gasteiger partial charge in [-0.1, -0.05) is 12.1 Å². The van der Waals surface area contributed by atoms with Crippen LogP contribution < -0.4 is 0 Å². The van der Waals surface area contributed by atoms with Gasteiger partial charge in [0.05, 0.1) is 0 Å². The first-order chi connectivity index (χ1) is 5.74. The van der Waals surface area contributed by atoms with Crippen molar-refractivity contribution in [2.75, 3.05) is 0 Å². The highest BCUT2D eigenvalue weighted by Gasteiger charge is 1.96. The van der Waals surface area contributed by atoms with Crippen LogP contribution in [0.25, 0.3) is 6.08 Å². The molecule has 0 N–H and O–H groups in total. The molecule has 0 unspecified atom stereocenters. The van der Waals surface area contributed by atoms with E-state index in [1.165, 1.54) is 18.2 Å². The van der Waals surface area contributed by atoms with Crippen molar-refractivity contribution in [1.29, 1.82) is 0 Å². The summed E-state index contributed by atoms with van der Waals surface area (Å²) in [6.07, 6.45) is 3.34. The number of rotatable bonds is 2. The first-order valence-electron chi connectivity index (χ1n) is 3.62. The van der Waals surface area contributed by atoms with E-state index < -0.39 is 0 Å². The normalized spacial score (nSPS) is 10.5. The minimum Gasteiger partial charge on any atom is -0.299 e. The zero-order valence-corrected chi connectivity index (χ0v) is 6.75. The molecule has 0 heterocycles. The summed E-state index contributed by atoms with van der Waals surface area (Å²) in [5.74, 6) is -0.298. The van der Waals surface area contributed by atoms with E-state index in [4.69, 9.17) is 0 Å². The number of aryl methyl sites for hydroxylation is 1. The number of carbonyl (C=O) groups is 1. The van der Waals surface area contributed by atoms with Crippen LogP contribution in [-0.2, 0) is 4.79 Å². The third kappa shape index (κ3) is 2.02. The van der Waals surface area contributed by atoms with Gasteiger partial charge in [-0.25, -0.2) is 4.39 Å². The Morgan fingerprint density at radius 3 is 2.75 bits per heavy atom. The van der Waals surface area contributed by atoms with Crippen molar-refractivity contribution in [2.24, 2.45) is 0 Å². The maximum absolute atomic E-state index is 13.0. The van der Waals surface area contributed by atoms with Gasteiger partial charge in [-0.15, -0.1) is 0 Å². The molecule has 0 saturated heterocycles. The third-order valence-corrected chi connectivity index (χ3v) is 1.51. The van der Waals surface area contributed by atoms with E-state index in [0.29, 0.717) is 11.8 Å². The highest BCUT2D eigenvalue weighted by atomic mass is 19.1. The lowest BCUT2D eigenvalue weighted by molar-refractivity contribution is -0.104. The van der Waals surface area contributed by atoms with Crippen LogP contribution in [0.2, 0.25) is 0 Å². The van der Waals surface area contributed by atoms with E-state index >= 15 is 0 Å². The predicted octanol–water partition coefficient (Wildman–Crippen LogP) is 2.35. The third-order valence-electron chi connectivity index (χ3n) is 1.51. The maximum atomic E-state index is 13.0. The smallest absolute Gasteiger partial charge is 0.142 e. The van der Waals surface area contributed by atoms with E-state index in [1.54, 1.807) is 12.1 Å². The van der Waals surface area contributed by atoms with Gasteiger partial charge in [0.2, 0.25) is 0 Å². The van der Waals surface area contributed by atoms with Gasteiger partial charge >= 0.3 is 0 Å². The number of carbonyl (C=O) groups excluding carboxylic acids is 1. The first kappa shape index (κ1) is 8.65. The van der Waals surface area contributed by atoms with Crippen LogP contribution in [0.3, 0.4) is 0 Å². The molecule has 1 nitrogen and oxygen atoms in total. The van der Waals surface area contributed by atoms with Crippen LogP contribution in [-0.4, -0.2) is 6.29 Å². The van der Waals surface area contributed by atoms with Gasteiger partial charge in [0.25, 0.3) is 0 Å². The summed E-state index contributed by atoms with van der Waals surface area (Å²) in [5, 5.41) is 0. The van der Waals surface area contributed by atoms with E-state index in [1.807, 2.05) is 6.92 Å². The molecule has 1 aromatic rings. The molecule has 0 radical (unpaired) electrons. The van der Waals surface area contributed by atoms with Crippen LogP contribution >= 0.6 is 0 Å². The summed E-state index contributed by atoms with van der Waals surface area (Å²) >= 11 is 0. The Hall–Kier alpha value is -1.44. The van der Waals surface area contributed by atoms with Gasteiger partial charge in [0, 0.05) is 5.56 Å². The van der Waals surface area contributed by atoms with Gasteiger partial charge in [-0.3, -0.25) is 4.79 Å². The van der Waals surface area contributed by atoms with Gasteiger partial charge in [-0.2, -0.15) is 0 Å². The average Bonchev–Trinajstić information content (AvgIpc) is 2.03. The van der Waals surface area contributed by atoms with Crippen molar-refractivity contribution in [2.45, 2.75) is 6.92 Å². The molecule has 0 aliphatic carbocycles. The molecule has 0 aliphatic rings. The quantitative estimate of drug-likeness (QED) is 0.484. The summed E-state index contributed by atoms with van der Waals surface area (Å²) in [5.41, 5.74) is 1.31. The molecule has 2 heteroatoms. The fourth-order valence-corrected chi connectivity index (χ4v) is 0.910. The Labute approximate surface area is 70.5 Å². The average molecular weight is 164 g/mol. The van der Waals surface area contributed by atoms with Crippen LogP contribution in [0.4, 0.5) is 4.39 Å². The summed E-state index contributed by atoms with van der Waals surface area (Å²) in [6.45, 7) is 1.82. The van der Waals surface area contributed by atoms with E-state index in [-0.39, 0.29) is 5.82 Å². The number of hydrogen-bond acceptors (Lipinski definition) is 1. The molecule has 0 amide bonds. The van der Waals surface area contributed by atoms with E-state index in [9.17, 15) is 9.18 Å². The summed E-state index contributed by atoms with van der Waals surface area (Å²) < 4.78 is 13.0. The van der Waals surface area contributed by atoms with Gasteiger partial charge in [0.15, 0.2) is 0 Å².